The normalized spacial score (nSPS) is 17.4. The molecule has 36 heavy (non-hydrogen) atoms. The second kappa shape index (κ2) is 9.37. The number of hydrogen-bond donors (Lipinski definition) is 1. The number of anilines is 1. The van der Waals surface area contributed by atoms with Crippen LogP contribution in [0.2, 0.25) is 0 Å². The molecule has 0 spiro atoms. The number of benzene rings is 1. The van der Waals surface area contributed by atoms with E-state index in [0.717, 1.165) is 43.1 Å². The monoisotopic (exact) mass is 502 g/mol. The highest BCUT2D eigenvalue weighted by Crippen LogP contribution is 2.28. The highest BCUT2D eigenvalue weighted by atomic mass is 19.4. The van der Waals surface area contributed by atoms with Crippen molar-refractivity contribution in [3.63, 3.8) is 0 Å². The van der Waals surface area contributed by atoms with Gasteiger partial charge in [0.15, 0.2) is 0 Å². The van der Waals surface area contributed by atoms with Gasteiger partial charge in [0.05, 0.1) is 29.5 Å². The molecule has 0 saturated carbocycles. The zero-order chi connectivity index (χ0) is 25.4. The SMILES string of the molecule is NC(=O)c1ccc2ncn(CC3CN(CC(=O)N4CCN(c5ncc(C(F)(F)F)cn5)CC4)C3)c2c1. The van der Waals surface area contributed by atoms with Crippen LogP contribution in [0, 0.1) is 5.92 Å². The Kier molecular flexibility index (Phi) is 6.24. The van der Waals surface area contributed by atoms with Crippen molar-refractivity contribution >= 4 is 28.8 Å². The Bertz CT molecular complexity index is 1260. The molecule has 10 nitrogen and oxygen atoms in total. The van der Waals surface area contributed by atoms with Crippen molar-refractivity contribution in [3.8, 4) is 0 Å². The largest absolute Gasteiger partial charge is 0.419 e. The minimum Gasteiger partial charge on any atom is -0.366 e. The average Bonchev–Trinajstić information content (AvgIpc) is 3.24. The van der Waals surface area contributed by atoms with Crippen molar-refractivity contribution in [1.82, 2.24) is 29.3 Å². The number of aromatic nitrogens is 4. The van der Waals surface area contributed by atoms with Gasteiger partial charge in [0.1, 0.15) is 0 Å². The smallest absolute Gasteiger partial charge is 0.366 e. The number of carbonyl (C=O) groups is 2. The van der Waals surface area contributed by atoms with Gasteiger partial charge in [0, 0.05) is 69.7 Å². The molecule has 0 unspecified atom stereocenters. The Labute approximate surface area is 204 Å². The summed E-state index contributed by atoms with van der Waals surface area (Å²) in [6.45, 7) is 4.45. The molecule has 13 heteroatoms. The number of likely N-dealkylation sites (tertiary alicyclic amines) is 1. The molecule has 0 atom stereocenters. The lowest BCUT2D eigenvalue weighted by atomic mass is 10.00. The van der Waals surface area contributed by atoms with E-state index in [1.54, 1.807) is 34.3 Å². The Balaban J connectivity index is 1.08. The number of fused-ring (bicyclic) bond motifs is 1. The summed E-state index contributed by atoms with van der Waals surface area (Å²) in [7, 11) is 0. The van der Waals surface area contributed by atoms with Crippen molar-refractivity contribution in [2.75, 3.05) is 50.7 Å². The molecule has 0 aliphatic carbocycles. The number of piperazine rings is 1. The van der Waals surface area contributed by atoms with Gasteiger partial charge in [-0.15, -0.1) is 0 Å². The molecule has 190 valence electrons. The van der Waals surface area contributed by atoms with Crippen LogP contribution in [0.15, 0.2) is 36.9 Å². The first-order chi connectivity index (χ1) is 17.2. The standard InChI is InChI=1S/C23H25F3N8O2/c24-23(25,26)17-8-28-22(29-9-17)33-5-3-32(4-6-33)20(35)13-31-10-15(11-31)12-34-14-30-18-2-1-16(21(27)36)7-19(18)34/h1-2,7-9,14-15H,3-6,10-13H2,(H2,27,36). The lowest BCUT2D eigenvalue weighted by Gasteiger charge is -2.41. The summed E-state index contributed by atoms with van der Waals surface area (Å²) in [5.41, 5.74) is 6.60. The minimum absolute atomic E-state index is 0.0284. The quantitative estimate of drug-likeness (QED) is 0.539. The molecule has 2 aliphatic rings. The van der Waals surface area contributed by atoms with E-state index in [1.807, 2.05) is 4.57 Å². The fraction of sp³-hybridized carbons (Fsp3) is 0.435. The topological polar surface area (TPSA) is 113 Å². The molecule has 0 bridgehead atoms. The second-order valence-electron chi connectivity index (χ2n) is 9.16. The molecule has 2 fully saturated rings. The van der Waals surface area contributed by atoms with E-state index in [2.05, 4.69) is 19.9 Å². The summed E-state index contributed by atoms with van der Waals surface area (Å²) >= 11 is 0. The molecule has 2 aliphatic heterocycles. The van der Waals surface area contributed by atoms with Gasteiger partial charge in [-0.1, -0.05) is 0 Å². The van der Waals surface area contributed by atoms with Crippen molar-refractivity contribution in [2.24, 2.45) is 11.7 Å². The number of nitrogens with two attached hydrogens (primary N) is 1. The minimum atomic E-state index is -4.47. The van der Waals surface area contributed by atoms with E-state index in [1.165, 1.54) is 0 Å². The van der Waals surface area contributed by atoms with E-state index in [-0.39, 0.29) is 11.9 Å². The first-order valence-corrected chi connectivity index (χ1v) is 11.6. The molecule has 2 N–H and O–H groups in total. The Morgan fingerprint density at radius 2 is 1.72 bits per heavy atom. The van der Waals surface area contributed by atoms with Crippen LogP contribution in [0.25, 0.3) is 11.0 Å². The molecule has 5 rings (SSSR count). The van der Waals surface area contributed by atoms with Crippen LogP contribution in [0.4, 0.5) is 19.1 Å². The maximum Gasteiger partial charge on any atom is 0.419 e. The first-order valence-electron chi connectivity index (χ1n) is 11.6. The predicted octanol–water partition coefficient (Wildman–Crippen LogP) is 1.22. The van der Waals surface area contributed by atoms with Crippen LogP contribution in [-0.2, 0) is 17.5 Å². The maximum atomic E-state index is 12.7. The number of alkyl halides is 3. The number of carbonyl (C=O) groups excluding carboxylic acids is 2. The molecule has 2 saturated heterocycles. The first kappa shape index (κ1) is 24.0. The fourth-order valence-electron chi connectivity index (χ4n) is 4.63. The van der Waals surface area contributed by atoms with E-state index in [4.69, 9.17) is 5.73 Å². The summed E-state index contributed by atoms with van der Waals surface area (Å²) in [4.78, 5) is 41.9. The third-order valence-corrected chi connectivity index (χ3v) is 6.63. The zero-order valence-corrected chi connectivity index (χ0v) is 19.4. The number of nitrogens with zero attached hydrogens (tertiary/aromatic N) is 7. The molecule has 1 aromatic carbocycles. The summed E-state index contributed by atoms with van der Waals surface area (Å²) in [6, 6.07) is 5.19. The third-order valence-electron chi connectivity index (χ3n) is 6.63. The van der Waals surface area contributed by atoms with Crippen LogP contribution in [0.5, 0.6) is 0 Å². The van der Waals surface area contributed by atoms with Gasteiger partial charge < -0.3 is 20.1 Å². The van der Waals surface area contributed by atoms with E-state index >= 15 is 0 Å². The maximum absolute atomic E-state index is 12.7. The predicted molar refractivity (Wildman–Crippen MR) is 124 cm³/mol. The van der Waals surface area contributed by atoms with Crippen molar-refractivity contribution in [3.05, 3.63) is 48.0 Å². The van der Waals surface area contributed by atoms with Crippen LogP contribution in [-0.4, -0.2) is 86.9 Å². The van der Waals surface area contributed by atoms with Gasteiger partial charge in [-0.05, 0) is 18.2 Å². The van der Waals surface area contributed by atoms with Crippen molar-refractivity contribution < 1.29 is 22.8 Å². The highest BCUT2D eigenvalue weighted by Gasteiger charge is 2.33. The number of hydrogen-bond acceptors (Lipinski definition) is 7. The summed E-state index contributed by atoms with van der Waals surface area (Å²) in [5, 5.41) is 0. The fourth-order valence-corrected chi connectivity index (χ4v) is 4.63. The van der Waals surface area contributed by atoms with Gasteiger partial charge in [-0.2, -0.15) is 13.2 Å². The average molecular weight is 503 g/mol. The lowest BCUT2D eigenvalue weighted by Crippen LogP contribution is -2.55. The second-order valence-corrected chi connectivity index (χ2v) is 9.16. The third kappa shape index (κ3) is 4.96. The van der Waals surface area contributed by atoms with Crippen molar-refractivity contribution in [2.45, 2.75) is 12.7 Å². The van der Waals surface area contributed by atoms with Crippen LogP contribution in [0.3, 0.4) is 0 Å². The highest BCUT2D eigenvalue weighted by molar-refractivity contribution is 5.96. The van der Waals surface area contributed by atoms with Gasteiger partial charge in [0.25, 0.3) is 0 Å². The van der Waals surface area contributed by atoms with Gasteiger partial charge in [-0.3, -0.25) is 14.5 Å². The molecular weight excluding hydrogens is 477 g/mol. The number of rotatable bonds is 6. The lowest BCUT2D eigenvalue weighted by molar-refractivity contribution is -0.138. The Morgan fingerprint density at radius 3 is 2.36 bits per heavy atom. The number of primary amides is 1. The van der Waals surface area contributed by atoms with E-state index in [9.17, 15) is 22.8 Å². The van der Waals surface area contributed by atoms with Crippen LogP contribution in [0.1, 0.15) is 15.9 Å². The van der Waals surface area contributed by atoms with E-state index < -0.39 is 17.6 Å². The molecule has 0 radical (unpaired) electrons. The molecule has 3 aromatic rings. The molecule has 2 aromatic heterocycles. The van der Waals surface area contributed by atoms with Gasteiger partial charge >= 0.3 is 6.18 Å². The van der Waals surface area contributed by atoms with Crippen LogP contribution >= 0.6 is 0 Å². The number of imidazole rings is 1. The molecule has 2 amide bonds. The molecule has 4 heterocycles. The zero-order valence-electron chi connectivity index (χ0n) is 19.4. The van der Waals surface area contributed by atoms with Crippen LogP contribution < -0.4 is 10.6 Å². The molecular formula is C23H25F3N8O2. The summed E-state index contributed by atoms with van der Waals surface area (Å²) in [6.07, 6.45) is -1.16. The number of amides is 2. The summed E-state index contributed by atoms with van der Waals surface area (Å²) < 4.78 is 40.1. The van der Waals surface area contributed by atoms with Gasteiger partial charge in [0.2, 0.25) is 17.8 Å². The van der Waals surface area contributed by atoms with Crippen molar-refractivity contribution in [1.29, 1.82) is 0 Å². The number of halogens is 3. The van der Waals surface area contributed by atoms with E-state index in [0.29, 0.717) is 44.2 Å². The Hall–Kier alpha value is -3.74. The van der Waals surface area contributed by atoms with Gasteiger partial charge in [-0.25, -0.2) is 15.0 Å². The Morgan fingerprint density at radius 1 is 1.03 bits per heavy atom. The summed E-state index contributed by atoms with van der Waals surface area (Å²) in [5.74, 6) is 0.142.